The molecular weight excluding hydrogens is 376 g/mol. The van der Waals surface area contributed by atoms with Crippen LogP contribution in [0.3, 0.4) is 0 Å². The van der Waals surface area contributed by atoms with Gasteiger partial charge in [-0.15, -0.1) is 0 Å². The van der Waals surface area contributed by atoms with Gasteiger partial charge in [0.15, 0.2) is 9.84 Å². The third-order valence-corrected chi connectivity index (χ3v) is 7.26. The highest BCUT2D eigenvalue weighted by molar-refractivity contribution is 7.92. The molecule has 0 amide bonds. The quantitative estimate of drug-likeness (QED) is 0.544. The van der Waals surface area contributed by atoms with E-state index < -0.39 is 27.8 Å². The first kappa shape index (κ1) is 22.7. The number of benzene rings is 1. The first-order valence-electron chi connectivity index (χ1n) is 9.91. The molecule has 156 valence electrons. The van der Waals surface area contributed by atoms with Crippen molar-refractivity contribution in [2.75, 3.05) is 12.4 Å². The number of aromatic hydroxyl groups is 1. The highest BCUT2D eigenvalue weighted by Crippen LogP contribution is 2.35. The van der Waals surface area contributed by atoms with Gasteiger partial charge in [-0.05, 0) is 54.0 Å². The van der Waals surface area contributed by atoms with Crippen molar-refractivity contribution in [3.8, 4) is 5.75 Å². The van der Waals surface area contributed by atoms with Gasteiger partial charge >= 0.3 is 0 Å². The number of aliphatic hydroxyl groups is 2. The van der Waals surface area contributed by atoms with Crippen LogP contribution in [-0.2, 0) is 9.84 Å². The Kier molecular flexibility index (Phi) is 7.87. The van der Waals surface area contributed by atoms with Crippen molar-refractivity contribution in [1.82, 2.24) is 0 Å². The van der Waals surface area contributed by atoms with Gasteiger partial charge in [-0.3, -0.25) is 0 Å². The van der Waals surface area contributed by atoms with Crippen molar-refractivity contribution in [2.45, 2.75) is 57.8 Å². The summed E-state index contributed by atoms with van der Waals surface area (Å²) in [7, 11) is -3.45. The summed E-state index contributed by atoms with van der Waals surface area (Å²) < 4.78 is 24.8. The van der Waals surface area contributed by atoms with Crippen LogP contribution < -0.4 is 0 Å². The predicted octanol–water partition coefficient (Wildman–Crippen LogP) is 3.46. The largest absolute Gasteiger partial charge is 0.508 e. The maximum atomic E-state index is 12.4. The molecule has 0 aliphatic carbocycles. The second kappa shape index (κ2) is 9.72. The van der Waals surface area contributed by atoms with E-state index in [0.29, 0.717) is 18.4 Å². The highest BCUT2D eigenvalue weighted by Gasteiger charge is 2.41. The van der Waals surface area contributed by atoms with E-state index in [1.54, 1.807) is 18.2 Å². The Balaban J connectivity index is 2.21. The van der Waals surface area contributed by atoms with E-state index in [1.807, 2.05) is 26.0 Å². The summed E-state index contributed by atoms with van der Waals surface area (Å²) in [6.45, 7) is 5.42. The van der Waals surface area contributed by atoms with Crippen LogP contribution in [0.25, 0.3) is 6.08 Å². The Morgan fingerprint density at radius 1 is 1.29 bits per heavy atom. The van der Waals surface area contributed by atoms with E-state index in [9.17, 15) is 23.7 Å². The number of aliphatic hydroxyl groups excluding tert-OH is 2. The molecule has 2 atom stereocenters. The zero-order valence-electron chi connectivity index (χ0n) is 16.9. The smallest absolute Gasteiger partial charge is 0.163 e. The summed E-state index contributed by atoms with van der Waals surface area (Å²) in [5.74, 6) is 0.135. The topological polar surface area (TPSA) is 94.8 Å². The Morgan fingerprint density at radius 2 is 2.00 bits per heavy atom. The minimum absolute atomic E-state index is 0.00826. The number of allylic oxidation sites excluding steroid dienone is 1. The van der Waals surface area contributed by atoms with Gasteiger partial charge in [0, 0.05) is 0 Å². The van der Waals surface area contributed by atoms with Crippen LogP contribution in [0.15, 0.2) is 41.0 Å². The van der Waals surface area contributed by atoms with E-state index in [2.05, 4.69) is 6.92 Å². The lowest BCUT2D eigenvalue weighted by Crippen LogP contribution is -2.29. The van der Waals surface area contributed by atoms with E-state index in [1.165, 1.54) is 0 Å². The van der Waals surface area contributed by atoms with Gasteiger partial charge in [-0.25, -0.2) is 8.42 Å². The van der Waals surface area contributed by atoms with Crippen LogP contribution in [0.4, 0.5) is 0 Å². The standard InChI is InChI=1S/C22H32O5S/c1-4-6-16(11-17-7-5-8-18(24)12-17)9-10-20(25)22-19(15(2)3)14-28(26,27)21(22)13-23/h5,7-8,11-12,15,20-21,23-25H,4,6,9-10,13-14H2,1-3H3/b16-11+/t20-,21+/m1/s1. The first-order valence-corrected chi connectivity index (χ1v) is 11.6. The Labute approximate surface area is 168 Å². The molecule has 1 aromatic rings. The second-order valence-electron chi connectivity index (χ2n) is 7.82. The van der Waals surface area contributed by atoms with Gasteiger partial charge in [0.05, 0.1) is 18.5 Å². The Bertz CT molecular complexity index is 836. The molecule has 28 heavy (non-hydrogen) atoms. The van der Waals surface area contributed by atoms with Gasteiger partial charge < -0.3 is 15.3 Å². The molecule has 0 bridgehead atoms. The molecule has 0 saturated carbocycles. The molecule has 5 nitrogen and oxygen atoms in total. The monoisotopic (exact) mass is 408 g/mol. The van der Waals surface area contributed by atoms with Crippen LogP contribution in [0.5, 0.6) is 5.75 Å². The molecule has 3 N–H and O–H groups in total. The molecule has 1 aromatic carbocycles. The van der Waals surface area contributed by atoms with Crippen LogP contribution in [-0.4, -0.2) is 47.5 Å². The normalized spacial score (nSPS) is 20.8. The first-order chi connectivity index (χ1) is 13.2. The highest BCUT2D eigenvalue weighted by atomic mass is 32.2. The van der Waals surface area contributed by atoms with Gasteiger partial charge in [0.25, 0.3) is 0 Å². The molecule has 0 fully saturated rings. The number of phenols is 1. The number of sulfone groups is 1. The number of rotatable bonds is 9. The Hall–Kier alpha value is -1.63. The molecule has 0 radical (unpaired) electrons. The third-order valence-electron chi connectivity index (χ3n) is 5.28. The predicted molar refractivity (Wildman–Crippen MR) is 113 cm³/mol. The lowest BCUT2D eigenvalue weighted by atomic mass is 9.90. The van der Waals surface area contributed by atoms with E-state index in [0.717, 1.165) is 29.6 Å². The minimum Gasteiger partial charge on any atom is -0.508 e. The molecule has 0 aromatic heterocycles. The summed E-state index contributed by atoms with van der Waals surface area (Å²) in [6.07, 6.45) is 3.97. The average molecular weight is 409 g/mol. The van der Waals surface area contributed by atoms with Crippen molar-refractivity contribution >= 4 is 15.9 Å². The molecule has 2 rings (SSSR count). The maximum Gasteiger partial charge on any atom is 0.163 e. The summed E-state index contributed by atoms with van der Waals surface area (Å²) in [5, 5.41) is 29.1. The maximum absolute atomic E-state index is 12.4. The van der Waals surface area contributed by atoms with Crippen molar-refractivity contribution in [3.05, 3.63) is 46.5 Å². The van der Waals surface area contributed by atoms with E-state index >= 15 is 0 Å². The van der Waals surface area contributed by atoms with Crippen LogP contribution >= 0.6 is 0 Å². The second-order valence-corrected chi connectivity index (χ2v) is 10.00. The van der Waals surface area contributed by atoms with Gasteiger partial charge in [-0.1, -0.05) is 51.0 Å². The summed E-state index contributed by atoms with van der Waals surface area (Å²) in [5.41, 5.74) is 3.27. The molecule has 1 aliphatic heterocycles. The lowest BCUT2D eigenvalue weighted by molar-refractivity contribution is 0.187. The van der Waals surface area contributed by atoms with Crippen LogP contribution in [0, 0.1) is 5.92 Å². The molecule has 0 spiro atoms. The van der Waals surface area contributed by atoms with E-state index in [4.69, 9.17) is 0 Å². The summed E-state index contributed by atoms with van der Waals surface area (Å²) in [4.78, 5) is 0. The lowest BCUT2D eigenvalue weighted by Gasteiger charge is -2.20. The van der Waals surface area contributed by atoms with Crippen LogP contribution in [0.1, 0.15) is 52.0 Å². The molecule has 6 heteroatoms. The van der Waals surface area contributed by atoms with Crippen LogP contribution in [0.2, 0.25) is 0 Å². The molecular formula is C22H32O5S. The van der Waals surface area contributed by atoms with Crippen molar-refractivity contribution < 1.29 is 23.7 Å². The SMILES string of the molecule is CCC/C(=C\c1cccc(O)c1)CC[C@@H](O)C1=C(C(C)C)CS(=O)(=O)[C@H]1CO. The number of hydrogen-bond donors (Lipinski definition) is 3. The number of hydrogen-bond acceptors (Lipinski definition) is 5. The van der Waals surface area contributed by atoms with Gasteiger partial charge in [-0.2, -0.15) is 0 Å². The summed E-state index contributed by atoms with van der Waals surface area (Å²) in [6, 6.07) is 7.01. The van der Waals surface area contributed by atoms with Crippen molar-refractivity contribution in [3.63, 3.8) is 0 Å². The fraction of sp³-hybridized carbons (Fsp3) is 0.545. The zero-order valence-corrected chi connectivity index (χ0v) is 17.7. The average Bonchev–Trinajstić information content (AvgIpc) is 2.90. The van der Waals surface area contributed by atoms with Crippen molar-refractivity contribution in [1.29, 1.82) is 0 Å². The summed E-state index contributed by atoms with van der Waals surface area (Å²) >= 11 is 0. The zero-order chi connectivity index (χ0) is 20.9. The molecule has 1 aliphatic rings. The van der Waals surface area contributed by atoms with E-state index in [-0.39, 0.29) is 17.4 Å². The minimum atomic E-state index is -3.45. The van der Waals surface area contributed by atoms with Crippen molar-refractivity contribution in [2.24, 2.45) is 5.92 Å². The number of phenolic OH excluding ortho intramolecular Hbond substituents is 1. The van der Waals surface area contributed by atoms with Gasteiger partial charge in [0.1, 0.15) is 11.0 Å². The fourth-order valence-electron chi connectivity index (χ4n) is 3.86. The molecule has 0 unspecified atom stereocenters. The molecule has 0 saturated heterocycles. The Morgan fingerprint density at radius 3 is 2.57 bits per heavy atom. The molecule has 1 heterocycles. The van der Waals surface area contributed by atoms with Gasteiger partial charge in [0.2, 0.25) is 0 Å². The fourth-order valence-corrected chi connectivity index (χ4v) is 5.92. The third kappa shape index (κ3) is 5.46.